The summed E-state index contributed by atoms with van der Waals surface area (Å²) in [6.07, 6.45) is 0.327. The first-order valence-electron chi connectivity index (χ1n) is 5.89. The molecule has 0 aliphatic carbocycles. The molecule has 0 aliphatic heterocycles. The number of carboxylic acids is 1. The minimum Gasteiger partial charge on any atom is -0.480 e. The molecule has 1 atom stereocenters. The van der Waals surface area contributed by atoms with E-state index < -0.39 is 17.9 Å². The van der Waals surface area contributed by atoms with Crippen LogP contribution in [-0.2, 0) is 4.79 Å². The Morgan fingerprint density at radius 1 is 1.43 bits per heavy atom. The van der Waals surface area contributed by atoms with E-state index in [1.807, 2.05) is 6.07 Å². The van der Waals surface area contributed by atoms with Gasteiger partial charge in [-0.25, -0.2) is 4.79 Å². The zero-order valence-corrected chi connectivity index (χ0v) is 13.1. The number of nitrogens with one attached hydrogen (secondary N) is 1. The van der Waals surface area contributed by atoms with E-state index in [1.54, 1.807) is 0 Å². The third-order valence-corrected chi connectivity index (χ3v) is 4.03. The molecular formula is C13H12Cl2N2O3S. The van der Waals surface area contributed by atoms with Gasteiger partial charge < -0.3 is 10.4 Å². The van der Waals surface area contributed by atoms with Crippen LogP contribution in [0.15, 0.2) is 18.2 Å². The Balaban J connectivity index is 2.68. The summed E-state index contributed by atoms with van der Waals surface area (Å²) in [5.74, 6) is -1.03. The molecular weight excluding hydrogens is 335 g/mol. The summed E-state index contributed by atoms with van der Waals surface area (Å²) in [7, 11) is 0. The Hall–Kier alpha value is -1.42. The molecule has 0 saturated heterocycles. The molecule has 8 heteroatoms. The number of halogens is 2. The van der Waals surface area contributed by atoms with Gasteiger partial charge in [0.2, 0.25) is 0 Å². The third kappa shape index (κ3) is 5.84. The molecule has 0 aliphatic rings. The molecule has 5 nitrogen and oxygen atoms in total. The van der Waals surface area contributed by atoms with Gasteiger partial charge in [0.25, 0.3) is 5.91 Å². The number of amides is 1. The fourth-order valence-electron chi connectivity index (χ4n) is 1.40. The number of hydrogen-bond acceptors (Lipinski definition) is 4. The molecule has 1 aromatic rings. The van der Waals surface area contributed by atoms with Crippen molar-refractivity contribution in [1.29, 1.82) is 5.26 Å². The molecule has 0 spiro atoms. The van der Waals surface area contributed by atoms with E-state index >= 15 is 0 Å². The van der Waals surface area contributed by atoms with Crippen LogP contribution in [0, 0.1) is 11.3 Å². The second-order valence-electron chi connectivity index (χ2n) is 3.97. The number of benzene rings is 1. The van der Waals surface area contributed by atoms with Crippen molar-refractivity contribution < 1.29 is 14.7 Å². The second kappa shape index (κ2) is 8.78. The molecule has 1 aromatic carbocycles. The maximum Gasteiger partial charge on any atom is 0.327 e. The highest BCUT2D eigenvalue weighted by molar-refractivity contribution is 7.99. The van der Waals surface area contributed by atoms with Gasteiger partial charge in [-0.15, -0.1) is 0 Å². The van der Waals surface area contributed by atoms with Gasteiger partial charge >= 0.3 is 5.97 Å². The SMILES string of the molecule is N#CCCSCC(NC(=O)c1ccc(Cl)cc1Cl)C(=O)O. The monoisotopic (exact) mass is 346 g/mol. The van der Waals surface area contributed by atoms with Crippen molar-refractivity contribution in [2.75, 3.05) is 11.5 Å². The van der Waals surface area contributed by atoms with E-state index in [2.05, 4.69) is 5.32 Å². The summed E-state index contributed by atoms with van der Waals surface area (Å²) in [4.78, 5) is 23.1. The highest BCUT2D eigenvalue weighted by Crippen LogP contribution is 2.21. The van der Waals surface area contributed by atoms with Gasteiger partial charge in [-0.1, -0.05) is 23.2 Å². The first kappa shape index (κ1) is 17.6. The summed E-state index contributed by atoms with van der Waals surface area (Å²) in [5, 5.41) is 20.4. The number of nitriles is 1. The van der Waals surface area contributed by atoms with E-state index in [-0.39, 0.29) is 16.3 Å². The average molecular weight is 347 g/mol. The summed E-state index contributed by atoms with van der Waals surface area (Å²) < 4.78 is 0. The molecule has 112 valence electrons. The molecule has 0 fully saturated rings. The second-order valence-corrected chi connectivity index (χ2v) is 5.96. The van der Waals surface area contributed by atoms with E-state index in [0.717, 1.165) is 0 Å². The third-order valence-electron chi connectivity index (χ3n) is 2.42. The topological polar surface area (TPSA) is 90.2 Å². The number of hydrogen-bond donors (Lipinski definition) is 2. The molecule has 0 saturated carbocycles. The molecule has 1 amide bonds. The van der Waals surface area contributed by atoms with E-state index in [9.17, 15) is 9.59 Å². The number of thioether (sulfide) groups is 1. The van der Waals surface area contributed by atoms with Gasteiger partial charge in [-0.2, -0.15) is 17.0 Å². The zero-order chi connectivity index (χ0) is 15.8. The van der Waals surface area contributed by atoms with Gasteiger partial charge in [-0.3, -0.25) is 4.79 Å². The quantitative estimate of drug-likeness (QED) is 0.740. The van der Waals surface area contributed by atoms with Crippen LogP contribution in [0.5, 0.6) is 0 Å². The number of aliphatic carboxylic acids is 1. The van der Waals surface area contributed by atoms with Crippen LogP contribution >= 0.6 is 35.0 Å². The zero-order valence-electron chi connectivity index (χ0n) is 10.8. The van der Waals surface area contributed by atoms with Crippen molar-refractivity contribution in [3.63, 3.8) is 0 Å². The first-order valence-corrected chi connectivity index (χ1v) is 7.80. The van der Waals surface area contributed by atoms with E-state index in [4.69, 9.17) is 33.6 Å². The standard InChI is InChI=1S/C13H12Cl2N2O3S/c14-8-2-3-9(10(15)6-8)12(18)17-11(13(19)20)7-21-5-1-4-16/h2-3,6,11H,1,5,7H2,(H,17,18)(H,19,20). The highest BCUT2D eigenvalue weighted by atomic mass is 35.5. The Kier molecular flexibility index (Phi) is 7.37. The van der Waals surface area contributed by atoms with Crippen LogP contribution in [0.4, 0.5) is 0 Å². The van der Waals surface area contributed by atoms with Crippen molar-refractivity contribution >= 4 is 46.8 Å². The van der Waals surface area contributed by atoms with Crippen molar-refractivity contribution in [2.45, 2.75) is 12.5 Å². The lowest BCUT2D eigenvalue weighted by atomic mass is 10.2. The van der Waals surface area contributed by atoms with Crippen molar-refractivity contribution in [3.8, 4) is 6.07 Å². The fourth-order valence-corrected chi connectivity index (χ4v) is 2.76. The van der Waals surface area contributed by atoms with Crippen LogP contribution in [0.2, 0.25) is 10.0 Å². The molecule has 2 N–H and O–H groups in total. The predicted octanol–water partition coefficient (Wildman–Crippen LogP) is 2.82. The lowest BCUT2D eigenvalue weighted by molar-refractivity contribution is -0.138. The fraction of sp³-hybridized carbons (Fsp3) is 0.308. The van der Waals surface area contributed by atoms with Gasteiger partial charge in [0.15, 0.2) is 0 Å². The number of nitrogens with zero attached hydrogens (tertiary/aromatic N) is 1. The minimum absolute atomic E-state index is 0.154. The van der Waals surface area contributed by atoms with Crippen molar-refractivity contribution in [2.24, 2.45) is 0 Å². The highest BCUT2D eigenvalue weighted by Gasteiger charge is 2.21. The van der Waals surface area contributed by atoms with Crippen LogP contribution in [0.25, 0.3) is 0 Å². The molecule has 0 heterocycles. The Morgan fingerprint density at radius 3 is 2.71 bits per heavy atom. The summed E-state index contributed by atoms with van der Waals surface area (Å²) >= 11 is 12.9. The molecule has 1 unspecified atom stereocenters. The van der Waals surface area contributed by atoms with Crippen molar-refractivity contribution in [3.05, 3.63) is 33.8 Å². The lowest BCUT2D eigenvalue weighted by Gasteiger charge is -2.14. The molecule has 1 rings (SSSR count). The van der Waals surface area contributed by atoms with Gasteiger partial charge in [0.05, 0.1) is 16.7 Å². The lowest BCUT2D eigenvalue weighted by Crippen LogP contribution is -2.42. The number of carboxylic acid groups (broad SMARTS) is 1. The molecule has 21 heavy (non-hydrogen) atoms. The predicted molar refractivity (Wildman–Crippen MR) is 82.9 cm³/mol. The van der Waals surface area contributed by atoms with Gasteiger partial charge in [0, 0.05) is 22.9 Å². The van der Waals surface area contributed by atoms with Crippen molar-refractivity contribution in [1.82, 2.24) is 5.32 Å². The van der Waals surface area contributed by atoms with Crippen LogP contribution in [0.3, 0.4) is 0 Å². The van der Waals surface area contributed by atoms with Gasteiger partial charge in [-0.05, 0) is 18.2 Å². The Morgan fingerprint density at radius 2 is 2.14 bits per heavy atom. The summed E-state index contributed by atoms with van der Waals surface area (Å²) in [5.41, 5.74) is 0.161. The first-order chi connectivity index (χ1) is 9.95. The molecule has 0 radical (unpaired) electrons. The Bertz CT molecular complexity index is 575. The van der Waals surface area contributed by atoms with E-state index in [0.29, 0.717) is 17.2 Å². The summed E-state index contributed by atoms with van der Waals surface area (Å²) in [6.45, 7) is 0. The molecule has 0 aromatic heterocycles. The minimum atomic E-state index is -1.14. The largest absolute Gasteiger partial charge is 0.480 e. The van der Waals surface area contributed by atoms with Gasteiger partial charge in [0.1, 0.15) is 6.04 Å². The number of carbonyl (C=O) groups is 2. The maximum atomic E-state index is 12.0. The normalized spacial score (nSPS) is 11.5. The number of carbonyl (C=O) groups excluding carboxylic acids is 1. The average Bonchev–Trinajstić information content (AvgIpc) is 2.41. The Labute approximate surface area is 136 Å². The van der Waals surface area contributed by atoms with Crippen LogP contribution in [0.1, 0.15) is 16.8 Å². The summed E-state index contributed by atoms with van der Waals surface area (Å²) in [6, 6.07) is 5.26. The van der Waals surface area contributed by atoms with E-state index in [1.165, 1.54) is 30.0 Å². The smallest absolute Gasteiger partial charge is 0.327 e. The van der Waals surface area contributed by atoms with Crippen LogP contribution in [-0.4, -0.2) is 34.5 Å². The molecule has 0 bridgehead atoms. The maximum absolute atomic E-state index is 12.0. The number of rotatable bonds is 7. The van der Waals surface area contributed by atoms with Crippen LogP contribution < -0.4 is 5.32 Å².